The van der Waals surface area contributed by atoms with Gasteiger partial charge in [-0.05, 0) is 43.4 Å². The fourth-order valence-electron chi connectivity index (χ4n) is 3.82. The van der Waals surface area contributed by atoms with Crippen molar-refractivity contribution in [2.24, 2.45) is 18.0 Å². The molecule has 7 nitrogen and oxygen atoms in total. The highest BCUT2D eigenvalue weighted by Gasteiger charge is 2.25. The molecule has 1 fully saturated rings. The number of oxazole rings is 1. The van der Waals surface area contributed by atoms with Gasteiger partial charge in [0.25, 0.3) is 0 Å². The molecule has 0 bridgehead atoms. The second-order valence-electron chi connectivity index (χ2n) is 7.74. The van der Waals surface area contributed by atoms with Gasteiger partial charge in [-0.1, -0.05) is 17.7 Å². The lowest BCUT2D eigenvalue weighted by Gasteiger charge is -2.21. The quantitative estimate of drug-likeness (QED) is 0.534. The van der Waals surface area contributed by atoms with E-state index in [0.29, 0.717) is 18.4 Å². The summed E-state index contributed by atoms with van der Waals surface area (Å²) in [6.45, 7) is 4.67. The van der Waals surface area contributed by atoms with Gasteiger partial charge in [0.2, 0.25) is 5.89 Å². The standard InChI is InChI=1S/C22H28N6O/c1-16-4-6-19(7-5-16)21-26-20(15-29-21)12-24-22(23-2)28-9-8-17(14-28)10-18-11-25-27(3)13-18/h4-7,11,13,15,17H,8-10,12,14H2,1-3H3,(H,23,24). The minimum absolute atomic E-state index is 0.589. The van der Waals surface area contributed by atoms with Gasteiger partial charge in [0, 0.05) is 38.9 Å². The Labute approximate surface area is 171 Å². The van der Waals surface area contributed by atoms with Crippen molar-refractivity contribution in [1.29, 1.82) is 0 Å². The lowest BCUT2D eigenvalue weighted by atomic mass is 10.0. The normalized spacial score (nSPS) is 17.1. The van der Waals surface area contributed by atoms with Crippen LogP contribution in [-0.4, -0.2) is 45.8 Å². The molecule has 1 aromatic carbocycles. The average molecular weight is 393 g/mol. The zero-order chi connectivity index (χ0) is 20.2. The second-order valence-corrected chi connectivity index (χ2v) is 7.74. The lowest BCUT2D eigenvalue weighted by molar-refractivity contribution is 0.459. The molecule has 4 rings (SSSR count). The van der Waals surface area contributed by atoms with Crippen LogP contribution in [0.2, 0.25) is 0 Å². The zero-order valence-electron chi connectivity index (χ0n) is 17.3. The van der Waals surface area contributed by atoms with Gasteiger partial charge in [-0.25, -0.2) is 4.98 Å². The summed E-state index contributed by atoms with van der Waals surface area (Å²) in [6.07, 6.45) is 8.00. The number of aromatic nitrogens is 3. The van der Waals surface area contributed by atoms with Gasteiger partial charge >= 0.3 is 0 Å². The molecule has 152 valence electrons. The number of benzene rings is 1. The molecule has 3 heterocycles. The van der Waals surface area contributed by atoms with Crippen molar-refractivity contribution >= 4 is 5.96 Å². The summed E-state index contributed by atoms with van der Waals surface area (Å²) in [4.78, 5) is 11.4. The second kappa shape index (κ2) is 8.51. The highest BCUT2D eigenvalue weighted by molar-refractivity contribution is 5.80. The molecule has 0 radical (unpaired) electrons. The largest absolute Gasteiger partial charge is 0.444 e. The molecule has 1 unspecified atom stereocenters. The van der Waals surface area contributed by atoms with Crippen LogP contribution in [0.5, 0.6) is 0 Å². The molecule has 0 amide bonds. The average Bonchev–Trinajstić information content (AvgIpc) is 3.46. The van der Waals surface area contributed by atoms with Crippen LogP contribution in [0.3, 0.4) is 0 Å². The molecule has 1 aliphatic heterocycles. The van der Waals surface area contributed by atoms with Gasteiger partial charge in [-0.3, -0.25) is 9.67 Å². The van der Waals surface area contributed by atoms with Crippen molar-refractivity contribution in [2.75, 3.05) is 20.1 Å². The summed E-state index contributed by atoms with van der Waals surface area (Å²) in [5, 5.41) is 7.70. The molecule has 0 aliphatic carbocycles. The first-order valence-electron chi connectivity index (χ1n) is 10.1. The Kier molecular flexibility index (Phi) is 5.64. The Balaban J connectivity index is 1.31. The molecule has 0 saturated carbocycles. The Hall–Kier alpha value is -3.09. The first-order valence-corrected chi connectivity index (χ1v) is 10.1. The molecular formula is C22H28N6O. The lowest BCUT2D eigenvalue weighted by Crippen LogP contribution is -2.39. The third-order valence-corrected chi connectivity index (χ3v) is 5.36. The summed E-state index contributed by atoms with van der Waals surface area (Å²) < 4.78 is 7.52. The maximum absolute atomic E-state index is 5.65. The smallest absolute Gasteiger partial charge is 0.226 e. The molecule has 7 heteroatoms. The van der Waals surface area contributed by atoms with Crippen LogP contribution in [0.1, 0.15) is 23.2 Å². The van der Waals surface area contributed by atoms with E-state index in [1.165, 1.54) is 11.1 Å². The van der Waals surface area contributed by atoms with Gasteiger partial charge in [0.15, 0.2) is 5.96 Å². The van der Waals surface area contributed by atoms with Crippen molar-refractivity contribution in [1.82, 2.24) is 25.0 Å². The SMILES string of the molecule is CN=C(NCc1coc(-c2ccc(C)cc2)n1)N1CCC(Cc2cnn(C)c2)C1. The zero-order valence-corrected chi connectivity index (χ0v) is 17.3. The van der Waals surface area contributed by atoms with E-state index in [1.54, 1.807) is 6.26 Å². The third kappa shape index (κ3) is 4.67. The Bertz CT molecular complexity index is 971. The predicted octanol–water partition coefficient (Wildman–Crippen LogP) is 3.02. The van der Waals surface area contributed by atoms with Gasteiger partial charge < -0.3 is 14.6 Å². The molecule has 29 heavy (non-hydrogen) atoms. The number of hydrogen-bond donors (Lipinski definition) is 1. The van der Waals surface area contributed by atoms with Crippen LogP contribution < -0.4 is 5.32 Å². The van der Waals surface area contributed by atoms with Gasteiger partial charge in [0.05, 0.1) is 18.4 Å². The van der Waals surface area contributed by atoms with E-state index in [2.05, 4.69) is 50.5 Å². The summed E-state index contributed by atoms with van der Waals surface area (Å²) >= 11 is 0. The molecule has 2 aromatic heterocycles. The van der Waals surface area contributed by atoms with Crippen LogP contribution >= 0.6 is 0 Å². The number of likely N-dealkylation sites (tertiary alicyclic amines) is 1. The first-order chi connectivity index (χ1) is 14.1. The Morgan fingerprint density at radius 2 is 2.14 bits per heavy atom. The summed E-state index contributed by atoms with van der Waals surface area (Å²) in [7, 11) is 3.79. The summed E-state index contributed by atoms with van der Waals surface area (Å²) in [6, 6.07) is 8.19. The van der Waals surface area contributed by atoms with Crippen LogP contribution in [0.4, 0.5) is 0 Å². The van der Waals surface area contributed by atoms with Crippen LogP contribution in [0.15, 0.2) is 52.3 Å². The minimum atomic E-state index is 0.589. The van der Waals surface area contributed by atoms with Crippen molar-refractivity contribution in [3.05, 3.63) is 59.7 Å². The third-order valence-electron chi connectivity index (χ3n) is 5.36. The number of aryl methyl sites for hydroxylation is 2. The first kappa shape index (κ1) is 19.2. The summed E-state index contributed by atoms with van der Waals surface area (Å²) in [5.74, 6) is 2.19. The number of nitrogens with zero attached hydrogens (tertiary/aromatic N) is 5. The molecule has 3 aromatic rings. The topological polar surface area (TPSA) is 71.5 Å². The molecule has 0 spiro atoms. The predicted molar refractivity (Wildman–Crippen MR) is 113 cm³/mol. The Morgan fingerprint density at radius 1 is 1.31 bits per heavy atom. The van der Waals surface area contributed by atoms with Crippen LogP contribution in [0.25, 0.3) is 11.5 Å². The van der Waals surface area contributed by atoms with Crippen molar-refractivity contribution in [3.63, 3.8) is 0 Å². The number of rotatable bonds is 5. The fourth-order valence-corrected chi connectivity index (χ4v) is 3.82. The minimum Gasteiger partial charge on any atom is -0.444 e. The van der Waals surface area contributed by atoms with E-state index in [4.69, 9.17) is 4.42 Å². The number of aliphatic imine (C=N–C) groups is 1. The number of hydrogen-bond acceptors (Lipinski definition) is 4. The maximum Gasteiger partial charge on any atom is 0.226 e. The van der Waals surface area contributed by atoms with Gasteiger partial charge in [-0.15, -0.1) is 0 Å². The van der Waals surface area contributed by atoms with E-state index in [-0.39, 0.29) is 0 Å². The molecule has 1 saturated heterocycles. The highest BCUT2D eigenvalue weighted by atomic mass is 16.3. The van der Waals surface area contributed by atoms with E-state index >= 15 is 0 Å². The van der Waals surface area contributed by atoms with Crippen LogP contribution in [-0.2, 0) is 20.0 Å². The monoisotopic (exact) mass is 392 g/mol. The molecule has 1 atom stereocenters. The number of guanidine groups is 1. The molecule has 1 aliphatic rings. The van der Waals surface area contributed by atoms with Crippen LogP contribution in [0, 0.1) is 12.8 Å². The highest BCUT2D eigenvalue weighted by Crippen LogP contribution is 2.21. The van der Waals surface area contributed by atoms with Crippen molar-refractivity contribution in [2.45, 2.75) is 26.3 Å². The van der Waals surface area contributed by atoms with E-state index in [0.717, 1.165) is 43.1 Å². The van der Waals surface area contributed by atoms with E-state index in [1.807, 2.05) is 37.1 Å². The van der Waals surface area contributed by atoms with E-state index in [9.17, 15) is 0 Å². The van der Waals surface area contributed by atoms with E-state index < -0.39 is 0 Å². The summed E-state index contributed by atoms with van der Waals surface area (Å²) in [5.41, 5.74) is 4.38. The van der Waals surface area contributed by atoms with Gasteiger partial charge in [-0.2, -0.15) is 5.10 Å². The molecule has 1 N–H and O–H groups in total. The van der Waals surface area contributed by atoms with Crippen molar-refractivity contribution < 1.29 is 4.42 Å². The molecular weight excluding hydrogens is 364 g/mol. The maximum atomic E-state index is 5.65. The fraction of sp³-hybridized carbons (Fsp3) is 0.409. The van der Waals surface area contributed by atoms with Crippen molar-refractivity contribution in [3.8, 4) is 11.5 Å². The number of nitrogens with one attached hydrogen (secondary N) is 1. The van der Waals surface area contributed by atoms with Gasteiger partial charge in [0.1, 0.15) is 6.26 Å². The Morgan fingerprint density at radius 3 is 2.86 bits per heavy atom.